The number of benzene rings is 1. The summed E-state index contributed by atoms with van der Waals surface area (Å²) in [5.41, 5.74) is 0. The molecule has 13 heavy (non-hydrogen) atoms. The Morgan fingerprint density at radius 2 is 2.31 bits per heavy atom. The molecule has 1 unspecified atom stereocenters. The van der Waals surface area contributed by atoms with E-state index in [2.05, 4.69) is 0 Å². The van der Waals surface area contributed by atoms with Gasteiger partial charge in [0.05, 0.1) is 6.61 Å². The van der Waals surface area contributed by atoms with E-state index in [1.807, 2.05) is 19.1 Å². The zero-order chi connectivity index (χ0) is 9.68. The van der Waals surface area contributed by atoms with Gasteiger partial charge in [-0.1, -0.05) is 24.6 Å². The maximum absolute atomic E-state index is 8.76. The molecule has 0 aliphatic carbocycles. The van der Waals surface area contributed by atoms with Crippen LogP contribution in [0.15, 0.2) is 24.3 Å². The minimum Gasteiger partial charge on any atom is -0.493 e. The summed E-state index contributed by atoms with van der Waals surface area (Å²) in [5, 5.41) is 9.42. The van der Waals surface area contributed by atoms with Gasteiger partial charge in [-0.3, -0.25) is 0 Å². The number of hydrogen-bond acceptors (Lipinski definition) is 2. The second-order valence-corrected chi connectivity index (χ2v) is 3.49. The Balaban J connectivity index is 2.45. The zero-order valence-electron chi connectivity index (χ0n) is 7.53. The molecular weight excluding hydrogens is 188 g/mol. The van der Waals surface area contributed by atoms with E-state index < -0.39 is 0 Å². The van der Waals surface area contributed by atoms with Crippen LogP contribution in [0.3, 0.4) is 0 Å². The van der Waals surface area contributed by atoms with Crippen LogP contribution in [0.5, 0.6) is 5.75 Å². The van der Waals surface area contributed by atoms with Gasteiger partial charge >= 0.3 is 0 Å². The van der Waals surface area contributed by atoms with Crippen LogP contribution in [-0.4, -0.2) is 18.3 Å². The summed E-state index contributed by atoms with van der Waals surface area (Å²) in [6, 6.07) is 7.23. The number of aliphatic hydroxyl groups excluding tert-OH is 1. The average Bonchev–Trinajstić information content (AvgIpc) is 2.14. The summed E-state index contributed by atoms with van der Waals surface area (Å²) < 4.78 is 5.40. The van der Waals surface area contributed by atoms with Crippen LogP contribution in [0, 0.1) is 5.92 Å². The molecule has 3 heteroatoms. The van der Waals surface area contributed by atoms with E-state index in [4.69, 9.17) is 21.4 Å². The predicted octanol–water partition coefficient (Wildman–Crippen LogP) is 2.35. The lowest BCUT2D eigenvalue weighted by Gasteiger charge is -2.10. The number of halogens is 1. The molecule has 1 atom stereocenters. The monoisotopic (exact) mass is 200 g/mol. The minimum atomic E-state index is 0.139. The summed E-state index contributed by atoms with van der Waals surface area (Å²) in [4.78, 5) is 0. The molecule has 0 aliphatic rings. The number of ether oxygens (including phenoxy) is 1. The minimum absolute atomic E-state index is 0.139. The van der Waals surface area contributed by atoms with E-state index in [1.165, 1.54) is 0 Å². The maximum atomic E-state index is 8.76. The van der Waals surface area contributed by atoms with Crippen LogP contribution in [0.1, 0.15) is 6.92 Å². The van der Waals surface area contributed by atoms with Gasteiger partial charge in [-0.2, -0.15) is 0 Å². The topological polar surface area (TPSA) is 29.5 Å². The van der Waals surface area contributed by atoms with Crippen LogP contribution in [0.25, 0.3) is 0 Å². The van der Waals surface area contributed by atoms with Gasteiger partial charge < -0.3 is 9.84 Å². The lowest BCUT2D eigenvalue weighted by atomic mass is 10.2. The Morgan fingerprint density at radius 3 is 2.92 bits per heavy atom. The molecule has 1 N–H and O–H groups in total. The third-order valence-corrected chi connectivity index (χ3v) is 1.88. The number of aliphatic hydroxyl groups is 1. The van der Waals surface area contributed by atoms with E-state index in [-0.39, 0.29) is 12.5 Å². The van der Waals surface area contributed by atoms with Gasteiger partial charge in [0.1, 0.15) is 5.75 Å². The van der Waals surface area contributed by atoms with Gasteiger partial charge in [0, 0.05) is 17.5 Å². The molecule has 1 aromatic rings. The molecule has 0 spiro atoms. The van der Waals surface area contributed by atoms with Crippen molar-refractivity contribution in [3.63, 3.8) is 0 Å². The highest BCUT2D eigenvalue weighted by Crippen LogP contribution is 2.17. The first-order valence-electron chi connectivity index (χ1n) is 4.21. The SMILES string of the molecule is CC(CO)COc1cccc(Cl)c1. The van der Waals surface area contributed by atoms with Gasteiger partial charge in [-0.25, -0.2) is 0 Å². The summed E-state index contributed by atoms with van der Waals surface area (Å²) >= 11 is 5.76. The van der Waals surface area contributed by atoms with Gasteiger partial charge in [-0.15, -0.1) is 0 Å². The second-order valence-electron chi connectivity index (χ2n) is 3.06. The lowest BCUT2D eigenvalue weighted by Crippen LogP contribution is -2.11. The molecule has 72 valence electrons. The average molecular weight is 201 g/mol. The van der Waals surface area contributed by atoms with E-state index >= 15 is 0 Å². The standard InChI is InChI=1S/C10H13ClO2/c1-8(6-12)7-13-10-4-2-3-9(11)5-10/h2-5,8,12H,6-7H2,1H3. The molecule has 0 bridgehead atoms. The molecule has 0 aliphatic heterocycles. The summed E-state index contributed by atoms with van der Waals surface area (Å²) in [7, 11) is 0. The first-order chi connectivity index (χ1) is 6.22. The van der Waals surface area contributed by atoms with Gasteiger partial charge in [-0.05, 0) is 18.2 Å². The van der Waals surface area contributed by atoms with Crippen LogP contribution < -0.4 is 4.74 Å². The van der Waals surface area contributed by atoms with Crippen molar-refractivity contribution >= 4 is 11.6 Å². The Morgan fingerprint density at radius 1 is 1.54 bits per heavy atom. The normalized spacial score (nSPS) is 12.5. The molecule has 0 radical (unpaired) electrons. The lowest BCUT2D eigenvalue weighted by molar-refractivity contribution is 0.174. The highest BCUT2D eigenvalue weighted by Gasteiger charge is 2.01. The van der Waals surface area contributed by atoms with E-state index in [0.717, 1.165) is 5.75 Å². The van der Waals surface area contributed by atoms with Crippen molar-refractivity contribution in [2.45, 2.75) is 6.92 Å². The molecule has 0 saturated carbocycles. The molecule has 0 fully saturated rings. The molecule has 1 rings (SSSR count). The third kappa shape index (κ3) is 3.66. The van der Waals surface area contributed by atoms with Crippen molar-refractivity contribution in [1.82, 2.24) is 0 Å². The predicted molar refractivity (Wildman–Crippen MR) is 53.2 cm³/mol. The Bertz CT molecular complexity index is 263. The summed E-state index contributed by atoms with van der Waals surface area (Å²) in [6.45, 7) is 2.57. The van der Waals surface area contributed by atoms with Crippen molar-refractivity contribution in [3.05, 3.63) is 29.3 Å². The van der Waals surface area contributed by atoms with Crippen LogP contribution in [0.2, 0.25) is 5.02 Å². The van der Waals surface area contributed by atoms with Crippen molar-refractivity contribution in [1.29, 1.82) is 0 Å². The Labute approximate surface area is 83.1 Å². The highest BCUT2D eigenvalue weighted by atomic mass is 35.5. The molecule has 2 nitrogen and oxygen atoms in total. The molecule has 0 saturated heterocycles. The van der Waals surface area contributed by atoms with Crippen molar-refractivity contribution in [2.24, 2.45) is 5.92 Å². The largest absolute Gasteiger partial charge is 0.493 e. The Kier molecular flexibility index (Phi) is 4.06. The number of hydrogen-bond donors (Lipinski definition) is 1. The fourth-order valence-corrected chi connectivity index (χ4v) is 1.03. The van der Waals surface area contributed by atoms with Crippen molar-refractivity contribution < 1.29 is 9.84 Å². The summed E-state index contributed by atoms with van der Waals surface area (Å²) in [6.07, 6.45) is 0. The van der Waals surface area contributed by atoms with Gasteiger partial charge in [0.15, 0.2) is 0 Å². The second kappa shape index (κ2) is 5.10. The van der Waals surface area contributed by atoms with Gasteiger partial charge in [0.25, 0.3) is 0 Å². The number of rotatable bonds is 4. The maximum Gasteiger partial charge on any atom is 0.120 e. The first-order valence-corrected chi connectivity index (χ1v) is 4.59. The fraction of sp³-hybridized carbons (Fsp3) is 0.400. The molecule has 0 aromatic heterocycles. The smallest absolute Gasteiger partial charge is 0.120 e. The van der Waals surface area contributed by atoms with Crippen LogP contribution in [-0.2, 0) is 0 Å². The summed E-state index contributed by atoms with van der Waals surface area (Å²) in [5.74, 6) is 0.895. The van der Waals surface area contributed by atoms with Gasteiger partial charge in [0.2, 0.25) is 0 Å². The highest BCUT2D eigenvalue weighted by molar-refractivity contribution is 6.30. The molecular formula is C10H13ClO2. The fourth-order valence-electron chi connectivity index (χ4n) is 0.848. The van der Waals surface area contributed by atoms with E-state index in [9.17, 15) is 0 Å². The van der Waals surface area contributed by atoms with E-state index in [1.54, 1.807) is 12.1 Å². The van der Waals surface area contributed by atoms with Crippen molar-refractivity contribution in [3.8, 4) is 5.75 Å². The Hall–Kier alpha value is -0.730. The molecule has 0 heterocycles. The quantitative estimate of drug-likeness (QED) is 0.809. The van der Waals surface area contributed by atoms with Crippen molar-refractivity contribution in [2.75, 3.05) is 13.2 Å². The first kappa shape index (κ1) is 10.4. The zero-order valence-corrected chi connectivity index (χ0v) is 8.29. The van der Waals surface area contributed by atoms with E-state index in [0.29, 0.717) is 11.6 Å². The molecule has 1 aromatic carbocycles. The third-order valence-electron chi connectivity index (χ3n) is 1.64. The molecule has 0 amide bonds. The van der Waals surface area contributed by atoms with Crippen LogP contribution in [0.4, 0.5) is 0 Å². The van der Waals surface area contributed by atoms with Crippen LogP contribution >= 0.6 is 11.6 Å².